The van der Waals surface area contributed by atoms with E-state index in [4.69, 9.17) is 5.73 Å². The zero-order valence-corrected chi connectivity index (χ0v) is 12.3. The average Bonchev–Trinajstić information content (AvgIpc) is 2.40. The second-order valence-electron chi connectivity index (χ2n) is 5.33. The molecule has 1 heterocycles. The number of aldehydes is 1. The van der Waals surface area contributed by atoms with Gasteiger partial charge in [-0.1, -0.05) is 12.1 Å². The Morgan fingerprint density at radius 2 is 1.80 bits per heavy atom. The van der Waals surface area contributed by atoms with Gasteiger partial charge in [-0.15, -0.1) is 0 Å². The second-order valence-corrected chi connectivity index (χ2v) is 7.48. The first-order chi connectivity index (χ1) is 9.41. The van der Waals surface area contributed by atoms with Gasteiger partial charge in [0, 0.05) is 25.0 Å². The van der Waals surface area contributed by atoms with Crippen molar-refractivity contribution < 1.29 is 13.2 Å². The first kappa shape index (κ1) is 15.0. The van der Waals surface area contributed by atoms with Crippen LogP contribution in [0.1, 0.15) is 24.3 Å². The highest BCUT2D eigenvalue weighted by atomic mass is 32.2. The molecule has 5 nitrogen and oxygen atoms in total. The van der Waals surface area contributed by atoms with Gasteiger partial charge >= 0.3 is 0 Å². The molecule has 6 heteroatoms. The number of rotatable bonds is 4. The lowest BCUT2D eigenvalue weighted by molar-refractivity contribution is -0.110. The van der Waals surface area contributed by atoms with Gasteiger partial charge in [0.25, 0.3) is 0 Å². The summed E-state index contributed by atoms with van der Waals surface area (Å²) < 4.78 is 23.1. The maximum atomic E-state index is 11.6. The number of sulfone groups is 1. The lowest BCUT2D eigenvalue weighted by Crippen LogP contribution is -2.45. The van der Waals surface area contributed by atoms with Gasteiger partial charge in [0.15, 0.2) is 21.5 Å². The van der Waals surface area contributed by atoms with Crippen molar-refractivity contribution in [2.45, 2.75) is 24.1 Å². The Hall–Kier alpha value is -1.40. The fourth-order valence-corrected chi connectivity index (χ4v) is 3.67. The van der Waals surface area contributed by atoms with Gasteiger partial charge in [-0.3, -0.25) is 4.90 Å². The van der Waals surface area contributed by atoms with E-state index in [1.807, 2.05) is 24.3 Å². The third kappa shape index (κ3) is 3.37. The molecule has 0 aromatic heterocycles. The van der Waals surface area contributed by atoms with E-state index >= 15 is 0 Å². The molecule has 0 spiro atoms. The van der Waals surface area contributed by atoms with Crippen LogP contribution in [0.3, 0.4) is 0 Å². The van der Waals surface area contributed by atoms with E-state index in [0.717, 1.165) is 24.8 Å². The van der Waals surface area contributed by atoms with Crippen LogP contribution in [0.15, 0.2) is 24.3 Å². The summed E-state index contributed by atoms with van der Waals surface area (Å²) in [5.41, 5.74) is 7.63. The van der Waals surface area contributed by atoms with Crippen molar-refractivity contribution in [2.75, 3.05) is 25.1 Å². The number of hydrogen-bond donors (Lipinski definition) is 1. The molecule has 1 atom stereocenters. The van der Waals surface area contributed by atoms with Crippen molar-refractivity contribution in [1.29, 1.82) is 0 Å². The van der Waals surface area contributed by atoms with E-state index in [1.165, 1.54) is 5.56 Å². The number of carbonyl (C=O) groups excluding carboxylic acids is 1. The molecule has 2 rings (SSSR count). The molecule has 0 aliphatic carbocycles. The van der Waals surface area contributed by atoms with Gasteiger partial charge < -0.3 is 10.5 Å². The molecule has 1 aromatic rings. The summed E-state index contributed by atoms with van der Waals surface area (Å²) in [5, 5.41) is -1.00. The summed E-state index contributed by atoms with van der Waals surface area (Å²) in [6, 6.07) is 7.80. The van der Waals surface area contributed by atoms with E-state index in [2.05, 4.69) is 0 Å². The van der Waals surface area contributed by atoms with Gasteiger partial charge in [-0.05, 0) is 36.5 Å². The molecule has 2 N–H and O–H groups in total. The lowest BCUT2D eigenvalue weighted by Gasteiger charge is -2.34. The number of nitrogen functional groups attached to an aromatic ring is 1. The van der Waals surface area contributed by atoms with Gasteiger partial charge in [0.1, 0.15) is 0 Å². The van der Waals surface area contributed by atoms with Crippen LogP contribution in [0.5, 0.6) is 0 Å². The Labute approximate surface area is 119 Å². The first-order valence-electron chi connectivity index (χ1n) is 6.65. The Bertz CT molecular complexity index is 561. The fourth-order valence-electron chi connectivity index (χ4n) is 2.71. The Morgan fingerprint density at radius 1 is 1.25 bits per heavy atom. The van der Waals surface area contributed by atoms with Crippen LogP contribution in [-0.2, 0) is 14.6 Å². The third-order valence-corrected chi connectivity index (χ3v) is 5.14. The van der Waals surface area contributed by atoms with Gasteiger partial charge in [0.05, 0.1) is 0 Å². The predicted molar refractivity (Wildman–Crippen MR) is 79.1 cm³/mol. The number of likely N-dealkylation sites (tertiary alicyclic amines) is 1. The minimum atomic E-state index is -3.36. The molecule has 1 saturated heterocycles. The second kappa shape index (κ2) is 5.93. The quantitative estimate of drug-likeness (QED) is 0.663. The predicted octanol–water partition coefficient (Wildman–Crippen LogP) is 1.02. The smallest absolute Gasteiger partial charge is 0.170 e. The van der Waals surface area contributed by atoms with Crippen LogP contribution in [-0.4, -0.2) is 44.3 Å². The fraction of sp³-hybridized carbons (Fsp3) is 0.500. The molecule has 0 saturated carbocycles. The number of benzene rings is 1. The van der Waals surface area contributed by atoms with Crippen molar-refractivity contribution in [3.63, 3.8) is 0 Å². The molecule has 20 heavy (non-hydrogen) atoms. The summed E-state index contributed by atoms with van der Waals surface area (Å²) in [4.78, 5) is 12.8. The largest absolute Gasteiger partial charge is 0.399 e. The maximum absolute atomic E-state index is 11.6. The minimum absolute atomic E-state index is 0.402. The standard InChI is InChI=1S/C14H20N2O3S/c1-20(18,19)14(10-17)16-8-6-12(7-9-16)11-2-4-13(15)5-3-11/h2-5,10,12,14H,6-9,15H2,1H3. The molecule has 110 valence electrons. The molecule has 0 amide bonds. The van der Waals surface area contributed by atoms with E-state index in [0.29, 0.717) is 25.3 Å². The van der Waals surface area contributed by atoms with Crippen molar-refractivity contribution >= 4 is 21.8 Å². The number of nitrogens with zero attached hydrogens (tertiary/aromatic N) is 1. The van der Waals surface area contributed by atoms with Crippen molar-refractivity contribution in [2.24, 2.45) is 0 Å². The lowest BCUT2D eigenvalue weighted by atomic mass is 9.89. The van der Waals surface area contributed by atoms with E-state index < -0.39 is 15.2 Å². The van der Waals surface area contributed by atoms with Crippen LogP contribution >= 0.6 is 0 Å². The Balaban J connectivity index is 2.02. The zero-order valence-electron chi connectivity index (χ0n) is 11.5. The summed E-state index contributed by atoms with van der Waals surface area (Å²) in [7, 11) is -3.36. The van der Waals surface area contributed by atoms with E-state index in [-0.39, 0.29) is 0 Å². The number of anilines is 1. The van der Waals surface area contributed by atoms with Gasteiger partial charge in [0.2, 0.25) is 0 Å². The number of piperidine rings is 1. The molecular formula is C14H20N2O3S. The van der Waals surface area contributed by atoms with Gasteiger partial charge in [-0.2, -0.15) is 0 Å². The van der Waals surface area contributed by atoms with Crippen LogP contribution < -0.4 is 5.73 Å². The first-order valence-corrected chi connectivity index (χ1v) is 8.61. The molecule has 1 aliphatic rings. The molecule has 1 aliphatic heterocycles. The third-order valence-electron chi connectivity index (χ3n) is 3.85. The van der Waals surface area contributed by atoms with Gasteiger partial charge in [-0.25, -0.2) is 8.42 Å². The van der Waals surface area contributed by atoms with Crippen LogP contribution in [0, 0.1) is 0 Å². The molecular weight excluding hydrogens is 276 g/mol. The number of nitrogens with two attached hydrogens (primary N) is 1. The SMILES string of the molecule is CS(=O)(=O)C(C=O)N1CCC(c2ccc(N)cc2)CC1. The Kier molecular flexibility index (Phi) is 4.45. The normalized spacial score (nSPS) is 19.6. The topological polar surface area (TPSA) is 80.5 Å². The van der Waals surface area contributed by atoms with E-state index in [9.17, 15) is 13.2 Å². The summed E-state index contributed by atoms with van der Waals surface area (Å²) >= 11 is 0. The molecule has 1 fully saturated rings. The number of carbonyl (C=O) groups is 1. The number of hydrogen-bond acceptors (Lipinski definition) is 5. The van der Waals surface area contributed by atoms with Crippen molar-refractivity contribution in [3.8, 4) is 0 Å². The summed E-state index contributed by atoms with van der Waals surface area (Å²) in [6.07, 6.45) is 3.34. The molecule has 1 unspecified atom stereocenters. The molecule has 1 aromatic carbocycles. The Morgan fingerprint density at radius 3 is 2.25 bits per heavy atom. The van der Waals surface area contributed by atoms with Crippen LogP contribution in [0.2, 0.25) is 0 Å². The summed E-state index contributed by atoms with van der Waals surface area (Å²) in [6.45, 7) is 1.23. The highest BCUT2D eigenvalue weighted by Crippen LogP contribution is 2.29. The molecule has 0 bridgehead atoms. The zero-order chi connectivity index (χ0) is 14.8. The van der Waals surface area contributed by atoms with Crippen LogP contribution in [0.25, 0.3) is 0 Å². The highest BCUT2D eigenvalue weighted by molar-refractivity contribution is 7.91. The van der Waals surface area contributed by atoms with E-state index in [1.54, 1.807) is 4.90 Å². The van der Waals surface area contributed by atoms with Crippen molar-refractivity contribution in [1.82, 2.24) is 4.90 Å². The summed E-state index contributed by atoms with van der Waals surface area (Å²) in [5.74, 6) is 0.402. The molecule has 0 radical (unpaired) electrons. The van der Waals surface area contributed by atoms with Crippen LogP contribution in [0.4, 0.5) is 5.69 Å². The monoisotopic (exact) mass is 296 g/mol. The maximum Gasteiger partial charge on any atom is 0.170 e. The highest BCUT2D eigenvalue weighted by Gasteiger charge is 2.31. The minimum Gasteiger partial charge on any atom is -0.399 e. The van der Waals surface area contributed by atoms with Crippen molar-refractivity contribution in [3.05, 3.63) is 29.8 Å². The average molecular weight is 296 g/mol.